The fourth-order valence-corrected chi connectivity index (χ4v) is 3.86. The molecule has 29 heavy (non-hydrogen) atoms. The SMILES string of the molecule is COc1ccc(N2CC(C(=O)N3CCC(Oc4ccncn4)CC3)CC2=O)cc1. The fourth-order valence-electron chi connectivity index (χ4n) is 3.86. The highest BCUT2D eigenvalue weighted by Gasteiger charge is 2.38. The third kappa shape index (κ3) is 4.31. The Labute approximate surface area is 169 Å². The Balaban J connectivity index is 1.31. The van der Waals surface area contributed by atoms with Crippen LogP contribution in [0.3, 0.4) is 0 Å². The molecule has 0 bridgehead atoms. The maximum absolute atomic E-state index is 13.0. The number of amides is 2. The number of likely N-dealkylation sites (tertiary alicyclic amines) is 1. The van der Waals surface area contributed by atoms with Crippen LogP contribution in [0, 0.1) is 5.92 Å². The molecule has 0 N–H and O–H groups in total. The van der Waals surface area contributed by atoms with Gasteiger partial charge in [-0.2, -0.15) is 0 Å². The summed E-state index contributed by atoms with van der Waals surface area (Å²) >= 11 is 0. The number of rotatable bonds is 5. The fraction of sp³-hybridized carbons (Fsp3) is 0.429. The Morgan fingerprint density at radius 2 is 1.90 bits per heavy atom. The quantitative estimate of drug-likeness (QED) is 0.768. The molecule has 3 heterocycles. The summed E-state index contributed by atoms with van der Waals surface area (Å²) < 4.78 is 11.0. The van der Waals surface area contributed by atoms with Gasteiger partial charge >= 0.3 is 0 Å². The zero-order chi connectivity index (χ0) is 20.2. The van der Waals surface area contributed by atoms with Crippen LogP contribution in [0.15, 0.2) is 42.9 Å². The summed E-state index contributed by atoms with van der Waals surface area (Å²) in [5, 5.41) is 0. The zero-order valence-corrected chi connectivity index (χ0v) is 16.4. The van der Waals surface area contributed by atoms with Gasteiger partial charge in [-0.25, -0.2) is 9.97 Å². The van der Waals surface area contributed by atoms with Crippen LogP contribution in [-0.4, -0.2) is 59.5 Å². The molecule has 2 aromatic rings. The molecule has 2 amide bonds. The van der Waals surface area contributed by atoms with Crippen molar-refractivity contribution in [1.29, 1.82) is 0 Å². The van der Waals surface area contributed by atoms with Gasteiger partial charge in [0.15, 0.2) is 0 Å². The van der Waals surface area contributed by atoms with Gasteiger partial charge < -0.3 is 19.3 Å². The lowest BCUT2D eigenvalue weighted by Gasteiger charge is -2.33. The first kappa shape index (κ1) is 19.2. The van der Waals surface area contributed by atoms with E-state index in [1.807, 2.05) is 29.2 Å². The minimum atomic E-state index is -0.302. The molecular formula is C21H24N4O4. The summed E-state index contributed by atoms with van der Waals surface area (Å²) in [6.45, 7) is 1.67. The number of nitrogens with zero attached hydrogens (tertiary/aromatic N) is 4. The van der Waals surface area contributed by atoms with E-state index < -0.39 is 0 Å². The van der Waals surface area contributed by atoms with E-state index in [2.05, 4.69) is 9.97 Å². The molecule has 1 aromatic heterocycles. The smallest absolute Gasteiger partial charge is 0.228 e. The first-order valence-electron chi connectivity index (χ1n) is 9.80. The molecule has 1 atom stereocenters. The van der Waals surface area contributed by atoms with Crippen molar-refractivity contribution in [2.24, 2.45) is 5.92 Å². The number of piperidine rings is 1. The number of aromatic nitrogens is 2. The van der Waals surface area contributed by atoms with Gasteiger partial charge in [0.25, 0.3) is 0 Å². The van der Waals surface area contributed by atoms with Gasteiger partial charge in [0.2, 0.25) is 17.7 Å². The number of carbonyl (C=O) groups is 2. The highest BCUT2D eigenvalue weighted by Crippen LogP contribution is 2.28. The van der Waals surface area contributed by atoms with Crippen LogP contribution in [-0.2, 0) is 9.59 Å². The van der Waals surface area contributed by atoms with Crippen molar-refractivity contribution in [3.8, 4) is 11.6 Å². The van der Waals surface area contributed by atoms with Crippen molar-refractivity contribution in [2.75, 3.05) is 31.6 Å². The number of carbonyl (C=O) groups excluding carboxylic acids is 2. The standard InChI is InChI=1S/C21H24N4O4/c1-28-17-4-2-16(3-5-17)25-13-15(12-20(25)26)21(27)24-10-7-18(8-11-24)29-19-6-9-22-14-23-19/h2-6,9,14-15,18H,7-8,10-13H2,1H3. The molecule has 1 unspecified atom stereocenters. The minimum Gasteiger partial charge on any atom is -0.497 e. The molecule has 8 heteroatoms. The van der Waals surface area contributed by atoms with Gasteiger partial charge in [0.05, 0.1) is 13.0 Å². The Morgan fingerprint density at radius 3 is 2.55 bits per heavy atom. The van der Waals surface area contributed by atoms with E-state index in [1.165, 1.54) is 6.33 Å². The van der Waals surface area contributed by atoms with Crippen LogP contribution in [0.25, 0.3) is 0 Å². The monoisotopic (exact) mass is 396 g/mol. The van der Waals surface area contributed by atoms with Gasteiger partial charge in [-0.3, -0.25) is 9.59 Å². The first-order chi connectivity index (χ1) is 14.1. The predicted molar refractivity (Wildman–Crippen MR) is 106 cm³/mol. The van der Waals surface area contributed by atoms with E-state index in [4.69, 9.17) is 9.47 Å². The summed E-state index contributed by atoms with van der Waals surface area (Å²) in [4.78, 5) is 36.9. The zero-order valence-electron chi connectivity index (χ0n) is 16.4. The molecule has 0 radical (unpaired) electrons. The predicted octanol–water partition coefficient (Wildman–Crippen LogP) is 1.91. The van der Waals surface area contributed by atoms with Crippen LogP contribution < -0.4 is 14.4 Å². The largest absolute Gasteiger partial charge is 0.497 e. The van der Waals surface area contributed by atoms with Gasteiger partial charge in [0.1, 0.15) is 18.2 Å². The molecule has 2 fully saturated rings. The summed E-state index contributed by atoms with van der Waals surface area (Å²) in [5.41, 5.74) is 0.794. The lowest BCUT2D eigenvalue weighted by molar-refractivity contribution is -0.137. The topological polar surface area (TPSA) is 84.9 Å². The van der Waals surface area contributed by atoms with E-state index in [1.54, 1.807) is 24.3 Å². The molecule has 0 saturated carbocycles. The minimum absolute atomic E-state index is 0.0181. The highest BCUT2D eigenvalue weighted by atomic mass is 16.5. The maximum Gasteiger partial charge on any atom is 0.228 e. The third-order valence-corrected chi connectivity index (χ3v) is 5.45. The third-order valence-electron chi connectivity index (χ3n) is 5.45. The van der Waals surface area contributed by atoms with Crippen LogP contribution in [0.2, 0.25) is 0 Å². The van der Waals surface area contributed by atoms with Gasteiger partial charge in [-0.05, 0) is 24.3 Å². The Hall–Kier alpha value is -3.16. The average Bonchev–Trinajstić information content (AvgIpc) is 3.16. The molecule has 2 saturated heterocycles. The molecule has 2 aliphatic heterocycles. The second kappa shape index (κ2) is 8.46. The summed E-state index contributed by atoms with van der Waals surface area (Å²) in [7, 11) is 1.60. The van der Waals surface area contributed by atoms with Gasteiger partial charge in [-0.15, -0.1) is 0 Å². The molecule has 2 aliphatic rings. The second-order valence-electron chi connectivity index (χ2n) is 7.29. The van der Waals surface area contributed by atoms with Crippen LogP contribution in [0.4, 0.5) is 5.69 Å². The van der Waals surface area contributed by atoms with E-state index >= 15 is 0 Å². The maximum atomic E-state index is 13.0. The van der Waals surface area contributed by atoms with Gasteiger partial charge in [-0.1, -0.05) is 0 Å². The summed E-state index contributed by atoms with van der Waals surface area (Å²) in [6.07, 6.45) is 4.89. The first-order valence-corrected chi connectivity index (χ1v) is 9.80. The number of ether oxygens (including phenoxy) is 2. The van der Waals surface area contributed by atoms with E-state index in [0.717, 1.165) is 24.3 Å². The number of anilines is 1. The van der Waals surface area contributed by atoms with Crippen LogP contribution >= 0.6 is 0 Å². The van der Waals surface area contributed by atoms with Crippen molar-refractivity contribution in [3.05, 3.63) is 42.9 Å². The lowest BCUT2D eigenvalue weighted by atomic mass is 10.0. The van der Waals surface area contributed by atoms with Crippen LogP contribution in [0.1, 0.15) is 19.3 Å². The normalized spacial score (nSPS) is 20.0. The highest BCUT2D eigenvalue weighted by molar-refractivity contribution is 6.00. The Bertz CT molecular complexity index is 851. The van der Waals surface area contributed by atoms with Crippen LogP contribution in [0.5, 0.6) is 11.6 Å². The Kier molecular flexibility index (Phi) is 5.59. The van der Waals surface area contributed by atoms with Crippen molar-refractivity contribution in [2.45, 2.75) is 25.4 Å². The molecule has 152 valence electrons. The van der Waals surface area contributed by atoms with Crippen molar-refractivity contribution < 1.29 is 19.1 Å². The van der Waals surface area contributed by atoms with Crippen molar-refractivity contribution in [1.82, 2.24) is 14.9 Å². The average molecular weight is 396 g/mol. The molecule has 1 aromatic carbocycles. The molecule has 4 rings (SSSR count). The number of hydrogen-bond acceptors (Lipinski definition) is 6. The lowest BCUT2D eigenvalue weighted by Crippen LogP contribution is -2.45. The summed E-state index contributed by atoms with van der Waals surface area (Å²) in [5.74, 6) is 1.02. The second-order valence-corrected chi connectivity index (χ2v) is 7.29. The van der Waals surface area contributed by atoms with E-state index in [0.29, 0.717) is 25.5 Å². The molecular weight excluding hydrogens is 372 g/mol. The van der Waals surface area contributed by atoms with Gasteiger partial charge in [0, 0.05) is 56.8 Å². The van der Waals surface area contributed by atoms with E-state index in [9.17, 15) is 9.59 Å². The summed E-state index contributed by atoms with van der Waals surface area (Å²) in [6, 6.07) is 9.06. The van der Waals surface area contributed by atoms with Crippen molar-refractivity contribution >= 4 is 17.5 Å². The number of hydrogen-bond donors (Lipinski definition) is 0. The number of benzene rings is 1. The number of methoxy groups -OCH3 is 1. The molecule has 0 spiro atoms. The molecule has 8 nitrogen and oxygen atoms in total. The van der Waals surface area contributed by atoms with E-state index in [-0.39, 0.29) is 30.3 Å². The molecule has 0 aliphatic carbocycles. The van der Waals surface area contributed by atoms with Crippen molar-refractivity contribution in [3.63, 3.8) is 0 Å². The Morgan fingerprint density at radius 1 is 1.14 bits per heavy atom.